The van der Waals surface area contributed by atoms with Crippen molar-refractivity contribution in [2.45, 2.75) is 25.1 Å². The van der Waals surface area contributed by atoms with E-state index in [0.717, 1.165) is 25.2 Å². The van der Waals surface area contributed by atoms with Crippen LogP contribution in [0, 0.1) is 0 Å². The molecule has 0 aromatic heterocycles. The van der Waals surface area contributed by atoms with E-state index in [2.05, 4.69) is 4.90 Å². The number of nitrogens with zero attached hydrogens (tertiary/aromatic N) is 1. The van der Waals surface area contributed by atoms with Crippen LogP contribution < -0.4 is 4.74 Å². The first kappa shape index (κ1) is 16.1. The molecule has 0 unspecified atom stereocenters. The zero-order valence-corrected chi connectivity index (χ0v) is 12.2. The molecule has 1 aliphatic heterocycles. The van der Waals surface area contributed by atoms with Crippen LogP contribution in [0.15, 0.2) is 18.2 Å². The fourth-order valence-electron chi connectivity index (χ4n) is 2.31. The number of alkyl halides is 3. The lowest BCUT2D eigenvalue weighted by atomic mass is 10.1. The van der Waals surface area contributed by atoms with Crippen molar-refractivity contribution in [2.75, 3.05) is 20.1 Å². The molecule has 21 heavy (non-hydrogen) atoms. The third-order valence-corrected chi connectivity index (χ3v) is 3.69. The average molecular weight is 322 g/mol. The topological polar surface area (TPSA) is 29.5 Å². The summed E-state index contributed by atoms with van der Waals surface area (Å²) in [6.07, 6.45) is -3.72. The predicted octanol–water partition coefficient (Wildman–Crippen LogP) is 3.56. The van der Waals surface area contributed by atoms with Crippen molar-refractivity contribution < 1.29 is 22.7 Å². The minimum Gasteiger partial charge on any atom is -0.489 e. The van der Waals surface area contributed by atoms with Gasteiger partial charge in [0, 0.05) is 13.1 Å². The van der Waals surface area contributed by atoms with Gasteiger partial charge in [-0.15, -0.1) is 0 Å². The van der Waals surface area contributed by atoms with Gasteiger partial charge in [-0.2, -0.15) is 13.2 Å². The van der Waals surface area contributed by atoms with Gasteiger partial charge in [0.15, 0.2) is 0 Å². The molecule has 0 aliphatic carbocycles. The van der Waals surface area contributed by atoms with Gasteiger partial charge in [-0.05, 0) is 43.6 Å². The molecule has 0 saturated carbocycles. The van der Waals surface area contributed by atoms with Crippen LogP contribution in [0.5, 0.6) is 5.75 Å². The number of rotatable bonds is 3. The Labute approximate surface area is 125 Å². The number of hydrogen-bond acceptors (Lipinski definition) is 3. The summed E-state index contributed by atoms with van der Waals surface area (Å²) in [7, 11) is 1.94. The molecule has 0 atom stereocenters. The van der Waals surface area contributed by atoms with E-state index in [9.17, 15) is 18.0 Å². The Morgan fingerprint density at radius 3 is 2.48 bits per heavy atom. The van der Waals surface area contributed by atoms with Crippen LogP contribution in [0.25, 0.3) is 0 Å². The summed E-state index contributed by atoms with van der Waals surface area (Å²) in [6.45, 7) is 1.48. The minimum absolute atomic E-state index is 0.245. The Hall–Kier alpha value is -1.27. The van der Waals surface area contributed by atoms with Crippen LogP contribution in [0.3, 0.4) is 0 Å². The van der Waals surface area contributed by atoms with E-state index in [1.165, 1.54) is 6.07 Å². The van der Waals surface area contributed by atoms with Crippen molar-refractivity contribution >= 4 is 16.8 Å². The van der Waals surface area contributed by atoms with Crippen molar-refractivity contribution in [2.24, 2.45) is 0 Å². The van der Waals surface area contributed by atoms with Gasteiger partial charge in [0.05, 0.1) is 11.1 Å². The second-order valence-electron chi connectivity index (χ2n) is 5.07. The summed E-state index contributed by atoms with van der Waals surface area (Å²) in [4.78, 5) is 13.4. The molecule has 3 nitrogen and oxygen atoms in total. The summed E-state index contributed by atoms with van der Waals surface area (Å²) < 4.78 is 44.7. The molecule has 1 saturated heterocycles. The van der Waals surface area contributed by atoms with Crippen LogP contribution in [-0.4, -0.2) is 36.4 Å². The predicted molar refractivity (Wildman–Crippen MR) is 72.8 cm³/mol. The van der Waals surface area contributed by atoms with E-state index in [1.54, 1.807) is 0 Å². The molecule has 0 bridgehead atoms. The van der Waals surface area contributed by atoms with Gasteiger partial charge in [0.1, 0.15) is 11.9 Å². The molecule has 1 fully saturated rings. The van der Waals surface area contributed by atoms with E-state index in [-0.39, 0.29) is 11.7 Å². The van der Waals surface area contributed by atoms with Gasteiger partial charge in [0.2, 0.25) is 0 Å². The number of carbonyl (C=O) groups excluding carboxylic acids is 1. The first-order valence-electron chi connectivity index (χ1n) is 6.54. The van der Waals surface area contributed by atoms with Crippen molar-refractivity contribution in [3.05, 3.63) is 29.3 Å². The van der Waals surface area contributed by atoms with Gasteiger partial charge >= 0.3 is 6.18 Å². The summed E-state index contributed by atoms with van der Waals surface area (Å²) in [5.41, 5.74) is -1.21. The highest BCUT2D eigenvalue weighted by Gasteiger charge is 2.37. The van der Waals surface area contributed by atoms with Crippen LogP contribution in [0.2, 0.25) is 0 Å². The fraction of sp³-hybridized carbons (Fsp3) is 0.500. The zero-order chi connectivity index (χ0) is 15.6. The van der Waals surface area contributed by atoms with Gasteiger partial charge in [-0.1, -0.05) is 6.07 Å². The molecule has 1 aromatic rings. The van der Waals surface area contributed by atoms with Gasteiger partial charge in [0.25, 0.3) is 5.24 Å². The number of likely N-dealkylation sites (tertiary alicyclic amines) is 1. The molecule has 0 N–H and O–H groups in total. The van der Waals surface area contributed by atoms with E-state index in [1.807, 2.05) is 7.05 Å². The average Bonchev–Trinajstić information content (AvgIpc) is 2.40. The second kappa shape index (κ2) is 6.23. The third-order valence-electron chi connectivity index (χ3n) is 3.48. The van der Waals surface area contributed by atoms with E-state index in [0.29, 0.717) is 12.8 Å². The molecule has 0 amide bonds. The van der Waals surface area contributed by atoms with Gasteiger partial charge < -0.3 is 9.64 Å². The number of hydrogen-bond donors (Lipinski definition) is 0. The molecule has 2 rings (SSSR count). The Kier molecular flexibility index (Phi) is 4.78. The lowest BCUT2D eigenvalue weighted by molar-refractivity contribution is -0.139. The van der Waals surface area contributed by atoms with Crippen LogP contribution >= 0.6 is 11.6 Å². The number of benzene rings is 1. The van der Waals surface area contributed by atoms with E-state index in [4.69, 9.17) is 16.3 Å². The zero-order valence-electron chi connectivity index (χ0n) is 11.4. The molecule has 0 spiro atoms. The Morgan fingerprint density at radius 1 is 1.33 bits per heavy atom. The maximum atomic E-state index is 13.1. The summed E-state index contributed by atoms with van der Waals surface area (Å²) >= 11 is 5.38. The largest absolute Gasteiger partial charge is 0.489 e. The minimum atomic E-state index is -4.59. The maximum Gasteiger partial charge on any atom is 0.419 e. The van der Waals surface area contributed by atoms with Crippen molar-refractivity contribution in [3.63, 3.8) is 0 Å². The highest BCUT2D eigenvalue weighted by atomic mass is 35.5. The number of ether oxygens (including phenoxy) is 1. The molecule has 7 heteroatoms. The standard InChI is InChI=1S/C14H15ClF3NO2/c1-19-7-5-9(6-8-19)21-12-10(13(15)20)3-2-4-11(12)14(16,17)18/h2-4,9H,5-8H2,1H3. The highest BCUT2D eigenvalue weighted by molar-refractivity contribution is 6.68. The number of halogens is 4. The first-order chi connectivity index (χ1) is 9.79. The first-order valence-corrected chi connectivity index (χ1v) is 6.92. The van der Waals surface area contributed by atoms with E-state index >= 15 is 0 Å². The summed E-state index contributed by atoms with van der Waals surface area (Å²) in [5, 5.41) is -0.955. The smallest absolute Gasteiger partial charge is 0.419 e. The summed E-state index contributed by atoms with van der Waals surface area (Å²) in [6, 6.07) is 3.29. The molecule has 1 aliphatic rings. The lowest BCUT2D eigenvalue weighted by Gasteiger charge is -2.30. The molecule has 1 aromatic carbocycles. The number of para-hydroxylation sites is 1. The third kappa shape index (κ3) is 3.89. The molecular weight excluding hydrogens is 307 g/mol. The SMILES string of the molecule is CN1CCC(Oc2c(C(=O)Cl)cccc2C(F)(F)F)CC1. The van der Waals surface area contributed by atoms with Gasteiger partial charge in [-0.25, -0.2) is 0 Å². The molecule has 0 radical (unpaired) electrons. The normalized spacial score (nSPS) is 17.8. The van der Waals surface area contributed by atoms with Crippen LogP contribution in [-0.2, 0) is 6.18 Å². The number of carbonyl (C=O) groups is 1. The Bertz CT molecular complexity index is 525. The van der Waals surface area contributed by atoms with Crippen LogP contribution in [0.1, 0.15) is 28.8 Å². The lowest BCUT2D eigenvalue weighted by Crippen LogP contribution is -2.36. The molecule has 116 valence electrons. The quantitative estimate of drug-likeness (QED) is 0.797. The number of piperidine rings is 1. The van der Waals surface area contributed by atoms with E-state index < -0.39 is 22.7 Å². The van der Waals surface area contributed by atoms with Crippen LogP contribution in [0.4, 0.5) is 13.2 Å². The van der Waals surface area contributed by atoms with Crippen molar-refractivity contribution in [1.82, 2.24) is 4.90 Å². The highest BCUT2D eigenvalue weighted by Crippen LogP contribution is 2.39. The summed E-state index contributed by atoms with van der Waals surface area (Å²) in [5.74, 6) is -0.459. The van der Waals surface area contributed by atoms with Gasteiger partial charge in [-0.3, -0.25) is 4.79 Å². The molecular formula is C14H15ClF3NO2. The molecule has 1 heterocycles. The monoisotopic (exact) mass is 321 g/mol. The Morgan fingerprint density at radius 2 is 1.95 bits per heavy atom. The fourth-order valence-corrected chi connectivity index (χ4v) is 2.46. The maximum absolute atomic E-state index is 13.1. The second-order valence-corrected chi connectivity index (χ2v) is 5.42. The van der Waals surface area contributed by atoms with Crippen molar-refractivity contribution in [3.8, 4) is 5.75 Å². The van der Waals surface area contributed by atoms with Crippen molar-refractivity contribution in [1.29, 1.82) is 0 Å². The Balaban J connectivity index is 2.33.